The summed E-state index contributed by atoms with van der Waals surface area (Å²) in [5.41, 5.74) is 1.33. The first kappa shape index (κ1) is 27.6. The average molecular weight is 540 g/mol. The smallest absolute Gasteiger partial charge is 0.265 e. The number of halogens is 1. The highest BCUT2D eigenvalue weighted by atomic mass is 32.2. The van der Waals surface area contributed by atoms with E-state index in [1.807, 2.05) is 39.0 Å². The van der Waals surface area contributed by atoms with Crippen LogP contribution in [0.25, 0.3) is 10.8 Å². The number of carbonyl (C=O) groups is 2. The van der Waals surface area contributed by atoms with Gasteiger partial charge < -0.3 is 10.2 Å². The number of rotatable bonds is 11. The van der Waals surface area contributed by atoms with E-state index < -0.39 is 16.1 Å². The molecule has 0 saturated heterocycles. The summed E-state index contributed by atoms with van der Waals surface area (Å²) in [6.45, 7) is 6.02. The number of anilines is 1. The van der Waals surface area contributed by atoms with Crippen molar-refractivity contribution in [1.82, 2.24) is 10.2 Å². The van der Waals surface area contributed by atoms with E-state index in [4.69, 9.17) is 0 Å². The van der Waals surface area contributed by atoms with Gasteiger partial charge in [-0.25, -0.2) is 12.8 Å². The third-order valence-electron chi connectivity index (χ3n) is 7.09. The van der Waals surface area contributed by atoms with E-state index in [2.05, 4.69) is 5.32 Å². The molecule has 4 rings (SSSR count). The van der Waals surface area contributed by atoms with Crippen LogP contribution >= 0.6 is 0 Å². The molecule has 0 fully saturated rings. The topological polar surface area (TPSA) is 86.8 Å². The summed E-state index contributed by atoms with van der Waals surface area (Å²) in [6.07, 6.45) is 1.51. The van der Waals surface area contributed by atoms with Crippen LogP contribution in [0.3, 0.4) is 0 Å². The predicted molar refractivity (Wildman–Crippen MR) is 147 cm³/mol. The van der Waals surface area contributed by atoms with E-state index in [-0.39, 0.29) is 54.5 Å². The Bertz CT molecular complexity index is 1420. The summed E-state index contributed by atoms with van der Waals surface area (Å²) >= 11 is 0. The molecule has 3 aromatic carbocycles. The van der Waals surface area contributed by atoms with E-state index in [0.29, 0.717) is 23.1 Å². The Kier molecular flexibility index (Phi) is 8.35. The fourth-order valence-electron chi connectivity index (χ4n) is 4.86. The molecular weight excluding hydrogens is 505 g/mol. The molecule has 0 spiro atoms. The number of benzene rings is 3. The van der Waals surface area contributed by atoms with Crippen LogP contribution in [-0.2, 0) is 26.2 Å². The third kappa shape index (κ3) is 5.53. The minimum atomic E-state index is -3.71. The van der Waals surface area contributed by atoms with Gasteiger partial charge in [-0.3, -0.25) is 13.9 Å². The fraction of sp³-hybridized carbons (Fsp3) is 0.379. The minimum Gasteiger partial charge on any atom is -0.352 e. The number of nitrogens with zero attached hydrogens (tertiary/aromatic N) is 2. The Morgan fingerprint density at radius 3 is 2.34 bits per heavy atom. The minimum absolute atomic E-state index is 0.0379. The maximum atomic E-state index is 13.5. The molecule has 1 aliphatic rings. The summed E-state index contributed by atoms with van der Waals surface area (Å²) < 4.78 is 41.4. The Balaban J connectivity index is 1.52. The summed E-state index contributed by atoms with van der Waals surface area (Å²) in [7, 11) is -3.71. The second-order valence-electron chi connectivity index (χ2n) is 9.70. The lowest BCUT2D eigenvalue weighted by Gasteiger charge is -2.31. The lowest BCUT2D eigenvalue weighted by Crippen LogP contribution is -2.50. The van der Waals surface area contributed by atoms with Crippen LogP contribution in [0.5, 0.6) is 0 Å². The Hall–Kier alpha value is -3.46. The van der Waals surface area contributed by atoms with Gasteiger partial charge >= 0.3 is 0 Å². The van der Waals surface area contributed by atoms with Gasteiger partial charge in [0.2, 0.25) is 11.8 Å². The number of sulfonamides is 1. The maximum absolute atomic E-state index is 13.5. The molecule has 2 amide bonds. The molecule has 0 saturated carbocycles. The van der Waals surface area contributed by atoms with Crippen molar-refractivity contribution in [2.75, 3.05) is 10.8 Å². The predicted octanol–water partition coefficient (Wildman–Crippen LogP) is 4.99. The molecule has 0 aromatic heterocycles. The molecule has 9 heteroatoms. The van der Waals surface area contributed by atoms with Crippen LogP contribution in [0.15, 0.2) is 65.6 Å². The summed E-state index contributed by atoms with van der Waals surface area (Å²) in [4.78, 5) is 28.4. The van der Waals surface area contributed by atoms with Crippen molar-refractivity contribution >= 4 is 38.3 Å². The van der Waals surface area contributed by atoms with E-state index in [0.717, 1.165) is 11.8 Å². The molecule has 1 heterocycles. The molecule has 38 heavy (non-hydrogen) atoms. The molecule has 2 atom stereocenters. The molecule has 0 aliphatic carbocycles. The zero-order valence-electron chi connectivity index (χ0n) is 22.0. The van der Waals surface area contributed by atoms with Crippen molar-refractivity contribution < 1.29 is 22.4 Å². The van der Waals surface area contributed by atoms with Crippen LogP contribution in [0.2, 0.25) is 0 Å². The Morgan fingerprint density at radius 2 is 1.68 bits per heavy atom. The lowest BCUT2D eigenvalue weighted by atomic mass is 10.1. The summed E-state index contributed by atoms with van der Waals surface area (Å²) in [6, 6.07) is 15.8. The Morgan fingerprint density at radius 1 is 1.00 bits per heavy atom. The number of carbonyl (C=O) groups excluding carboxylic acids is 2. The zero-order chi connectivity index (χ0) is 27.4. The van der Waals surface area contributed by atoms with Gasteiger partial charge in [-0.05, 0) is 61.4 Å². The molecule has 1 aliphatic heterocycles. The van der Waals surface area contributed by atoms with Crippen LogP contribution in [0.1, 0.15) is 52.0 Å². The summed E-state index contributed by atoms with van der Waals surface area (Å²) in [5, 5.41) is 4.52. The Labute approximate surface area is 223 Å². The zero-order valence-corrected chi connectivity index (χ0v) is 22.8. The molecule has 202 valence electrons. The highest BCUT2D eigenvalue weighted by Gasteiger charge is 2.35. The largest absolute Gasteiger partial charge is 0.352 e. The van der Waals surface area contributed by atoms with Gasteiger partial charge in [0.05, 0.1) is 10.6 Å². The second kappa shape index (κ2) is 11.5. The van der Waals surface area contributed by atoms with Crippen LogP contribution < -0.4 is 9.62 Å². The van der Waals surface area contributed by atoms with Gasteiger partial charge in [0.25, 0.3) is 10.0 Å². The van der Waals surface area contributed by atoms with Crippen molar-refractivity contribution in [2.24, 2.45) is 0 Å². The van der Waals surface area contributed by atoms with Crippen LogP contribution in [-0.4, -0.2) is 43.8 Å². The van der Waals surface area contributed by atoms with Gasteiger partial charge in [-0.2, -0.15) is 0 Å². The summed E-state index contributed by atoms with van der Waals surface area (Å²) in [5.74, 6) is -0.870. The quantitative estimate of drug-likeness (QED) is 0.372. The van der Waals surface area contributed by atoms with E-state index in [1.54, 1.807) is 30.3 Å². The van der Waals surface area contributed by atoms with Gasteiger partial charge in [0, 0.05) is 30.9 Å². The molecular formula is C29H34FN3O4S. The first-order valence-electron chi connectivity index (χ1n) is 13.1. The van der Waals surface area contributed by atoms with Gasteiger partial charge in [-0.1, -0.05) is 50.2 Å². The second-order valence-corrected chi connectivity index (χ2v) is 11.5. The van der Waals surface area contributed by atoms with Crippen molar-refractivity contribution in [3.05, 3.63) is 72.0 Å². The highest BCUT2D eigenvalue weighted by Crippen LogP contribution is 2.42. The molecule has 1 N–H and O–H groups in total. The van der Waals surface area contributed by atoms with Crippen molar-refractivity contribution in [3.63, 3.8) is 0 Å². The molecule has 3 aromatic rings. The van der Waals surface area contributed by atoms with Crippen molar-refractivity contribution in [1.29, 1.82) is 0 Å². The number of amides is 2. The normalized spacial score (nSPS) is 15.3. The maximum Gasteiger partial charge on any atom is 0.265 e. The van der Waals surface area contributed by atoms with E-state index >= 15 is 0 Å². The molecule has 0 unspecified atom stereocenters. The number of hydrogen-bond acceptors (Lipinski definition) is 4. The standard InChI is InChI=1S/C29H34FN3O4S/c1-4-20(3)31-29(35)24(5-2)32(19-21-14-16-23(30)17-15-21)27(34)13-8-18-33-25-11-6-9-22-10-7-12-26(28(22)25)38(33,36)37/h6-7,9-12,14-17,20,24H,4-5,8,13,18-19H2,1-3H3,(H,31,35)/t20-,24-/m1/s1. The third-order valence-corrected chi connectivity index (χ3v) is 8.94. The fourth-order valence-corrected chi connectivity index (χ4v) is 6.61. The lowest BCUT2D eigenvalue weighted by molar-refractivity contribution is -0.141. The molecule has 0 radical (unpaired) electrons. The number of nitrogens with one attached hydrogen (secondary N) is 1. The van der Waals surface area contributed by atoms with Crippen molar-refractivity contribution in [2.45, 2.75) is 70.0 Å². The molecule has 7 nitrogen and oxygen atoms in total. The van der Waals surface area contributed by atoms with Gasteiger partial charge in [0.1, 0.15) is 11.9 Å². The average Bonchev–Trinajstić information content (AvgIpc) is 3.12. The highest BCUT2D eigenvalue weighted by molar-refractivity contribution is 7.93. The monoisotopic (exact) mass is 539 g/mol. The van der Waals surface area contributed by atoms with Crippen LogP contribution in [0, 0.1) is 5.82 Å². The van der Waals surface area contributed by atoms with E-state index in [1.165, 1.54) is 21.3 Å². The first-order valence-corrected chi connectivity index (χ1v) is 14.5. The van der Waals surface area contributed by atoms with Crippen molar-refractivity contribution in [3.8, 4) is 0 Å². The first-order chi connectivity index (χ1) is 18.2. The van der Waals surface area contributed by atoms with Gasteiger partial charge in [-0.15, -0.1) is 0 Å². The molecule has 0 bridgehead atoms. The van der Waals surface area contributed by atoms with Gasteiger partial charge in [0.15, 0.2) is 0 Å². The number of hydrogen-bond donors (Lipinski definition) is 1. The SMILES string of the molecule is CC[C@@H](C)NC(=O)[C@@H](CC)N(Cc1ccc(F)cc1)C(=O)CCCN1c2cccc3cccc(c23)S1(=O)=O. The van der Waals surface area contributed by atoms with Crippen LogP contribution in [0.4, 0.5) is 10.1 Å². The van der Waals surface area contributed by atoms with E-state index in [9.17, 15) is 22.4 Å².